The average molecular weight is 452 g/mol. The maximum absolute atomic E-state index is 14.7. The first-order valence-corrected chi connectivity index (χ1v) is 10.8. The molecule has 1 unspecified atom stereocenters. The van der Waals surface area contributed by atoms with E-state index in [1.807, 2.05) is 24.3 Å². The zero-order valence-electron chi connectivity index (χ0n) is 16.7. The van der Waals surface area contributed by atoms with Crippen molar-refractivity contribution in [1.29, 1.82) is 0 Å². The zero-order valence-corrected chi connectivity index (χ0v) is 17.5. The molecule has 1 atom stereocenters. The normalized spacial score (nSPS) is 18.1. The maximum Gasteiger partial charge on any atom is 0.280 e. The number of hydrogen-bond donors (Lipinski definition) is 2. The van der Waals surface area contributed by atoms with E-state index < -0.39 is 29.6 Å². The summed E-state index contributed by atoms with van der Waals surface area (Å²) in [6.07, 6.45) is 0.381. The second-order valence-electron chi connectivity index (χ2n) is 7.67. The van der Waals surface area contributed by atoms with Crippen LogP contribution in [-0.2, 0) is 22.7 Å². The molecule has 1 saturated heterocycles. The summed E-state index contributed by atoms with van der Waals surface area (Å²) in [6, 6.07) is 9.29. The molecule has 0 radical (unpaired) electrons. The third-order valence-electron chi connectivity index (χ3n) is 5.62. The van der Waals surface area contributed by atoms with Gasteiger partial charge in [-0.2, -0.15) is 0 Å². The lowest BCUT2D eigenvalue weighted by Gasteiger charge is -2.29. The van der Waals surface area contributed by atoms with E-state index in [1.165, 1.54) is 22.3 Å². The molecule has 3 heterocycles. The van der Waals surface area contributed by atoms with E-state index in [0.717, 1.165) is 16.3 Å². The van der Waals surface area contributed by atoms with E-state index in [4.69, 9.17) is 0 Å². The molecule has 2 aliphatic heterocycles. The molecular weight excluding hydrogens is 435 g/mol. The number of para-hydroxylation sites is 1. The Morgan fingerprint density at radius 1 is 1.25 bits per heavy atom. The number of thiazole rings is 1. The van der Waals surface area contributed by atoms with Crippen molar-refractivity contribution in [3.8, 4) is 0 Å². The number of hydrogen-bond acceptors (Lipinski definition) is 6. The van der Waals surface area contributed by atoms with Crippen LogP contribution in [0.1, 0.15) is 44.1 Å². The number of aromatic nitrogens is 1. The lowest BCUT2D eigenvalue weighted by molar-refractivity contribution is -0.136. The molecule has 10 heteroatoms. The predicted molar refractivity (Wildman–Crippen MR) is 113 cm³/mol. The molecule has 0 bridgehead atoms. The number of carbonyl (C=O) groups is 4. The predicted octanol–water partition coefficient (Wildman–Crippen LogP) is 2.13. The largest absolute Gasteiger partial charge is 0.346 e. The Labute approximate surface area is 185 Å². The molecule has 8 nitrogen and oxygen atoms in total. The van der Waals surface area contributed by atoms with E-state index in [0.29, 0.717) is 5.56 Å². The van der Waals surface area contributed by atoms with E-state index in [1.54, 1.807) is 0 Å². The van der Waals surface area contributed by atoms with Crippen LogP contribution >= 0.6 is 11.3 Å². The van der Waals surface area contributed by atoms with E-state index in [2.05, 4.69) is 15.6 Å². The van der Waals surface area contributed by atoms with Gasteiger partial charge >= 0.3 is 0 Å². The van der Waals surface area contributed by atoms with Gasteiger partial charge in [-0.25, -0.2) is 9.37 Å². The SMILES string of the molecule is O=C1CCC(N2Cc3cc(CNC(=O)c4nc5ccccc5s4)c(F)cc3C2=O)C(=O)N1. The molecule has 32 heavy (non-hydrogen) atoms. The van der Waals surface area contributed by atoms with Crippen LogP contribution in [0.4, 0.5) is 4.39 Å². The van der Waals surface area contributed by atoms with Gasteiger partial charge in [0.15, 0.2) is 5.01 Å². The minimum Gasteiger partial charge on any atom is -0.346 e. The number of halogens is 1. The van der Waals surface area contributed by atoms with Crippen molar-refractivity contribution in [2.75, 3.05) is 0 Å². The average Bonchev–Trinajstić information content (AvgIpc) is 3.34. The minimum absolute atomic E-state index is 0.0690. The lowest BCUT2D eigenvalue weighted by atomic mass is 10.0. The van der Waals surface area contributed by atoms with Crippen LogP contribution in [0.5, 0.6) is 0 Å². The molecular formula is C22H17FN4O4S. The van der Waals surface area contributed by atoms with Crippen LogP contribution in [0.15, 0.2) is 36.4 Å². The third kappa shape index (κ3) is 3.52. The summed E-state index contributed by atoms with van der Waals surface area (Å²) in [4.78, 5) is 54.4. The third-order valence-corrected chi connectivity index (χ3v) is 6.65. The highest BCUT2D eigenvalue weighted by atomic mass is 32.1. The van der Waals surface area contributed by atoms with Crippen LogP contribution in [-0.4, -0.2) is 39.6 Å². The van der Waals surface area contributed by atoms with Gasteiger partial charge in [0, 0.05) is 30.6 Å². The topological polar surface area (TPSA) is 108 Å². The lowest BCUT2D eigenvalue weighted by Crippen LogP contribution is -2.52. The van der Waals surface area contributed by atoms with Crippen molar-refractivity contribution < 1.29 is 23.6 Å². The second-order valence-corrected chi connectivity index (χ2v) is 8.70. The Bertz CT molecular complexity index is 1270. The van der Waals surface area contributed by atoms with Crippen LogP contribution in [0, 0.1) is 5.82 Å². The Hall–Kier alpha value is -3.66. The van der Waals surface area contributed by atoms with Gasteiger partial charge in [-0.15, -0.1) is 11.3 Å². The number of nitrogens with zero attached hydrogens (tertiary/aromatic N) is 2. The highest BCUT2D eigenvalue weighted by Gasteiger charge is 2.39. The number of benzene rings is 2. The minimum atomic E-state index is -0.766. The smallest absolute Gasteiger partial charge is 0.280 e. The van der Waals surface area contributed by atoms with E-state index in [9.17, 15) is 23.6 Å². The van der Waals surface area contributed by atoms with Crippen LogP contribution in [0.2, 0.25) is 0 Å². The van der Waals surface area contributed by atoms with Gasteiger partial charge in [0.25, 0.3) is 11.8 Å². The molecule has 2 aliphatic rings. The second kappa shape index (κ2) is 7.79. The maximum atomic E-state index is 14.7. The summed E-state index contributed by atoms with van der Waals surface area (Å²) in [6.45, 7) is 0.0695. The Balaban J connectivity index is 1.31. The number of nitrogens with one attached hydrogen (secondary N) is 2. The molecule has 4 amide bonds. The highest BCUT2D eigenvalue weighted by Crippen LogP contribution is 2.29. The molecule has 1 aromatic heterocycles. The van der Waals surface area contributed by atoms with Crippen molar-refractivity contribution in [2.24, 2.45) is 0 Å². The first-order chi connectivity index (χ1) is 15.4. The standard InChI is InChI=1S/C22H17FN4O4S/c23-14-8-13-12(10-27(22(13)31)16-5-6-18(28)26-19(16)29)7-11(14)9-24-20(30)21-25-15-3-1-2-4-17(15)32-21/h1-4,7-8,16H,5-6,9-10H2,(H,24,30)(H,26,28,29). The van der Waals surface area contributed by atoms with Gasteiger partial charge < -0.3 is 10.2 Å². The molecule has 2 aromatic carbocycles. The number of carbonyl (C=O) groups excluding carboxylic acids is 4. The van der Waals surface area contributed by atoms with E-state index >= 15 is 0 Å². The molecule has 3 aromatic rings. The number of amides is 4. The summed E-state index contributed by atoms with van der Waals surface area (Å²) in [5, 5.41) is 5.19. The van der Waals surface area contributed by atoms with Gasteiger partial charge in [-0.1, -0.05) is 12.1 Å². The van der Waals surface area contributed by atoms with Crippen molar-refractivity contribution in [3.63, 3.8) is 0 Å². The molecule has 2 N–H and O–H groups in total. The van der Waals surface area contributed by atoms with Gasteiger partial charge in [0.05, 0.1) is 10.2 Å². The number of fused-ring (bicyclic) bond motifs is 2. The summed E-state index contributed by atoms with van der Waals surface area (Å²) >= 11 is 1.25. The monoisotopic (exact) mass is 452 g/mol. The van der Waals surface area contributed by atoms with Crippen molar-refractivity contribution in [2.45, 2.75) is 32.0 Å². The van der Waals surface area contributed by atoms with Gasteiger partial charge in [-0.05, 0) is 36.2 Å². The number of imide groups is 1. The van der Waals surface area contributed by atoms with Crippen molar-refractivity contribution in [3.05, 3.63) is 63.9 Å². The Kier molecular flexibility index (Phi) is 4.93. The number of piperidine rings is 1. The highest BCUT2D eigenvalue weighted by molar-refractivity contribution is 7.20. The fourth-order valence-corrected chi connectivity index (χ4v) is 4.88. The zero-order chi connectivity index (χ0) is 22.4. The number of rotatable bonds is 4. The fraction of sp³-hybridized carbons (Fsp3) is 0.227. The summed E-state index contributed by atoms with van der Waals surface area (Å²) in [5.74, 6) is -2.36. The Morgan fingerprint density at radius 3 is 2.84 bits per heavy atom. The van der Waals surface area contributed by atoms with Gasteiger partial charge in [0.2, 0.25) is 11.8 Å². The fourth-order valence-electron chi connectivity index (χ4n) is 4.00. The van der Waals surface area contributed by atoms with E-state index in [-0.39, 0.29) is 48.0 Å². The van der Waals surface area contributed by atoms with Gasteiger partial charge in [-0.3, -0.25) is 24.5 Å². The molecule has 162 valence electrons. The van der Waals surface area contributed by atoms with Gasteiger partial charge in [0.1, 0.15) is 11.9 Å². The molecule has 1 fully saturated rings. The summed E-state index contributed by atoms with van der Waals surface area (Å²) in [5.41, 5.74) is 1.72. The van der Waals surface area contributed by atoms with Crippen molar-refractivity contribution in [1.82, 2.24) is 20.5 Å². The first-order valence-electron chi connectivity index (χ1n) is 10.0. The Morgan fingerprint density at radius 2 is 2.06 bits per heavy atom. The molecule has 0 saturated carbocycles. The first kappa shape index (κ1) is 20.3. The van der Waals surface area contributed by atoms with Crippen LogP contribution in [0.3, 0.4) is 0 Å². The summed E-state index contributed by atoms with van der Waals surface area (Å²) < 4.78 is 15.6. The van der Waals surface area contributed by atoms with Crippen molar-refractivity contribution >= 4 is 45.2 Å². The van der Waals surface area contributed by atoms with Crippen LogP contribution < -0.4 is 10.6 Å². The summed E-state index contributed by atoms with van der Waals surface area (Å²) in [7, 11) is 0. The molecule has 0 spiro atoms. The molecule has 5 rings (SSSR count). The quantitative estimate of drug-likeness (QED) is 0.590. The van der Waals surface area contributed by atoms with Crippen LogP contribution in [0.25, 0.3) is 10.2 Å². The molecule has 0 aliphatic carbocycles.